The number of rotatable bonds is 4. The zero-order chi connectivity index (χ0) is 17.3. The first-order chi connectivity index (χ1) is 11.5. The van der Waals surface area contributed by atoms with Crippen LogP contribution >= 0.6 is 12.4 Å². The van der Waals surface area contributed by atoms with Crippen LogP contribution in [0.5, 0.6) is 0 Å². The number of furan rings is 1. The number of carbonyl (C=O) groups excluding carboxylic acids is 1. The van der Waals surface area contributed by atoms with Gasteiger partial charge in [-0.15, -0.1) is 12.4 Å². The molecule has 0 radical (unpaired) electrons. The van der Waals surface area contributed by atoms with E-state index in [1.807, 2.05) is 63.2 Å². The molecule has 0 spiro atoms. The minimum absolute atomic E-state index is 0. The summed E-state index contributed by atoms with van der Waals surface area (Å²) in [6.45, 7) is 6.47. The average Bonchev–Trinajstić information content (AvgIpc) is 3.01. The van der Waals surface area contributed by atoms with Crippen LogP contribution in [0.3, 0.4) is 0 Å². The Labute approximate surface area is 154 Å². The second-order valence-corrected chi connectivity index (χ2v) is 6.03. The van der Waals surface area contributed by atoms with Crippen LogP contribution in [0.25, 0.3) is 11.0 Å². The van der Waals surface area contributed by atoms with Gasteiger partial charge in [0.2, 0.25) is 0 Å². The SMILES string of the molecule is CCN(C(=O)c1cc(N)ccc1C)C(C)c1cc2ccccc2o1.Cl. The lowest BCUT2D eigenvalue weighted by Gasteiger charge is -2.27. The van der Waals surface area contributed by atoms with Crippen LogP contribution in [0.4, 0.5) is 5.69 Å². The van der Waals surface area contributed by atoms with E-state index in [4.69, 9.17) is 10.2 Å². The second kappa shape index (κ2) is 7.62. The third-order valence-electron chi connectivity index (χ3n) is 4.42. The van der Waals surface area contributed by atoms with Crippen LogP contribution in [0, 0.1) is 6.92 Å². The molecular weight excluding hydrogens is 336 g/mol. The molecule has 3 aromatic rings. The molecule has 5 heteroatoms. The zero-order valence-electron chi connectivity index (χ0n) is 14.7. The quantitative estimate of drug-likeness (QED) is 0.670. The van der Waals surface area contributed by atoms with Crippen LogP contribution in [0.15, 0.2) is 52.9 Å². The fraction of sp³-hybridized carbons (Fsp3) is 0.250. The summed E-state index contributed by atoms with van der Waals surface area (Å²) >= 11 is 0. The third-order valence-corrected chi connectivity index (χ3v) is 4.42. The Morgan fingerprint density at radius 2 is 1.92 bits per heavy atom. The maximum absolute atomic E-state index is 13.0. The molecule has 132 valence electrons. The number of nitrogen functional groups attached to an aromatic ring is 1. The zero-order valence-corrected chi connectivity index (χ0v) is 15.5. The van der Waals surface area contributed by atoms with Crippen molar-refractivity contribution in [2.45, 2.75) is 26.8 Å². The Balaban J connectivity index is 0.00000225. The second-order valence-electron chi connectivity index (χ2n) is 6.03. The first kappa shape index (κ1) is 18.9. The van der Waals surface area contributed by atoms with Crippen molar-refractivity contribution in [1.29, 1.82) is 0 Å². The van der Waals surface area contributed by atoms with Crippen molar-refractivity contribution in [1.82, 2.24) is 4.90 Å². The van der Waals surface area contributed by atoms with Gasteiger partial charge in [-0.05, 0) is 50.6 Å². The van der Waals surface area contributed by atoms with Gasteiger partial charge in [0, 0.05) is 23.2 Å². The van der Waals surface area contributed by atoms with E-state index in [0.717, 1.165) is 22.3 Å². The summed E-state index contributed by atoms with van der Waals surface area (Å²) in [6, 6.07) is 15.1. The van der Waals surface area contributed by atoms with E-state index in [9.17, 15) is 4.79 Å². The van der Waals surface area contributed by atoms with Gasteiger partial charge >= 0.3 is 0 Å². The lowest BCUT2D eigenvalue weighted by atomic mass is 10.1. The molecule has 0 aliphatic carbocycles. The summed E-state index contributed by atoms with van der Waals surface area (Å²) in [7, 11) is 0. The van der Waals surface area contributed by atoms with Crippen LogP contribution in [-0.4, -0.2) is 17.4 Å². The van der Waals surface area contributed by atoms with Crippen molar-refractivity contribution in [2.75, 3.05) is 12.3 Å². The van der Waals surface area contributed by atoms with E-state index >= 15 is 0 Å². The van der Waals surface area contributed by atoms with E-state index in [0.29, 0.717) is 17.8 Å². The minimum Gasteiger partial charge on any atom is -0.459 e. The van der Waals surface area contributed by atoms with Gasteiger partial charge in [0.1, 0.15) is 11.3 Å². The predicted octanol–water partition coefficient (Wildman–Crippen LogP) is 4.97. The van der Waals surface area contributed by atoms with E-state index in [-0.39, 0.29) is 24.4 Å². The summed E-state index contributed by atoms with van der Waals surface area (Å²) in [6.07, 6.45) is 0. The molecule has 1 aromatic heterocycles. The molecule has 2 N–H and O–H groups in total. The van der Waals surface area contributed by atoms with Crippen molar-refractivity contribution >= 4 is 35.0 Å². The Kier molecular flexibility index (Phi) is 5.75. The van der Waals surface area contributed by atoms with Crippen molar-refractivity contribution in [3.8, 4) is 0 Å². The highest BCUT2D eigenvalue weighted by atomic mass is 35.5. The van der Waals surface area contributed by atoms with E-state index in [1.54, 1.807) is 11.0 Å². The number of nitrogens with zero attached hydrogens (tertiary/aromatic N) is 1. The number of nitrogens with two attached hydrogens (primary N) is 1. The van der Waals surface area contributed by atoms with Crippen molar-refractivity contribution in [3.05, 3.63) is 65.4 Å². The van der Waals surface area contributed by atoms with Crippen LogP contribution in [-0.2, 0) is 0 Å². The highest BCUT2D eigenvalue weighted by molar-refractivity contribution is 5.96. The van der Waals surface area contributed by atoms with Crippen LogP contribution in [0.1, 0.15) is 41.6 Å². The molecule has 0 saturated heterocycles. The van der Waals surface area contributed by atoms with E-state index in [1.165, 1.54) is 0 Å². The Hall–Kier alpha value is -2.46. The summed E-state index contributed by atoms with van der Waals surface area (Å²) in [5, 5.41) is 1.04. The lowest BCUT2D eigenvalue weighted by Crippen LogP contribution is -2.33. The Morgan fingerprint density at radius 3 is 2.60 bits per heavy atom. The van der Waals surface area contributed by atoms with Gasteiger partial charge in [0.05, 0.1) is 6.04 Å². The number of halogens is 1. The highest BCUT2D eigenvalue weighted by Gasteiger charge is 2.25. The minimum atomic E-state index is -0.157. The maximum Gasteiger partial charge on any atom is 0.254 e. The first-order valence-corrected chi connectivity index (χ1v) is 8.16. The summed E-state index contributed by atoms with van der Waals surface area (Å²) in [4.78, 5) is 14.8. The monoisotopic (exact) mass is 358 g/mol. The first-order valence-electron chi connectivity index (χ1n) is 8.16. The van der Waals surface area contributed by atoms with Crippen molar-refractivity contribution < 1.29 is 9.21 Å². The van der Waals surface area contributed by atoms with Crippen molar-refractivity contribution in [2.24, 2.45) is 0 Å². The van der Waals surface area contributed by atoms with Gasteiger partial charge in [-0.2, -0.15) is 0 Å². The van der Waals surface area contributed by atoms with Gasteiger partial charge in [0.25, 0.3) is 5.91 Å². The number of hydrogen-bond donors (Lipinski definition) is 1. The molecule has 1 heterocycles. The number of aryl methyl sites for hydroxylation is 1. The molecule has 25 heavy (non-hydrogen) atoms. The molecule has 4 nitrogen and oxygen atoms in total. The molecule has 1 unspecified atom stereocenters. The largest absolute Gasteiger partial charge is 0.459 e. The predicted molar refractivity (Wildman–Crippen MR) is 104 cm³/mol. The molecule has 0 fully saturated rings. The van der Waals surface area contributed by atoms with Crippen molar-refractivity contribution in [3.63, 3.8) is 0 Å². The molecule has 3 rings (SSSR count). The maximum atomic E-state index is 13.0. The molecule has 2 aromatic carbocycles. The van der Waals surface area contributed by atoms with Gasteiger partial charge in [-0.1, -0.05) is 24.3 Å². The summed E-state index contributed by atoms with van der Waals surface area (Å²) < 4.78 is 5.93. The fourth-order valence-electron chi connectivity index (χ4n) is 2.98. The number of amides is 1. The van der Waals surface area contributed by atoms with Crippen LogP contribution in [0.2, 0.25) is 0 Å². The van der Waals surface area contributed by atoms with Gasteiger partial charge in [0.15, 0.2) is 0 Å². The number of para-hydroxylation sites is 1. The molecule has 1 amide bonds. The van der Waals surface area contributed by atoms with Crippen LogP contribution < -0.4 is 5.73 Å². The van der Waals surface area contributed by atoms with Gasteiger partial charge in [-0.3, -0.25) is 4.79 Å². The highest BCUT2D eigenvalue weighted by Crippen LogP contribution is 2.29. The number of benzene rings is 2. The summed E-state index contributed by atoms with van der Waals surface area (Å²) in [5.41, 5.74) is 8.85. The normalized spacial score (nSPS) is 11.8. The Bertz CT molecular complexity index is 855. The molecule has 0 bridgehead atoms. The van der Waals surface area contributed by atoms with E-state index in [2.05, 4.69) is 0 Å². The Morgan fingerprint density at radius 1 is 1.20 bits per heavy atom. The number of fused-ring (bicyclic) bond motifs is 1. The topological polar surface area (TPSA) is 59.5 Å². The number of hydrogen-bond acceptors (Lipinski definition) is 3. The molecule has 0 aliphatic heterocycles. The molecule has 0 aliphatic rings. The third kappa shape index (κ3) is 3.64. The smallest absolute Gasteiger partial charge is 0.254 e. The van der Waals surface area contributed by atoms with Gasteiger partial charge in [-0.25, -0.2) is 0 Å². The van der Waals surface area contributed by atoms with E-state index < -0.39 is 0 Å². The fourth-order valence-corrected chi connectivity index (χ4v) is 2.98. The molecular formula is C20H23ClN2O2. The average molecular weight is 359 g/mol. The number of carbonyl (C=O) groups is 1. The van der Waals surface area contributed by atoms with Gasteiger partial charge < -0.3 is 15.1 Å². The lowest BCUT2D eigenvalue weighted by molar-refractivity contribution is 0.0684. The molecule has 1 atom stereocenters. The number of anilines is 1. The molecule has 0 saturated carbocycles. The standard InChI is InChI=1S/C20H22N2O2.ClH/c1-4-22(20(23)17-12-16(21)10-9-13(17)2)14(3)19-11-15-7-5-6-8-18(15)24-19;/h5-12,14H,4,21H2,1-3H3;1H. The summed E-state index contributed by atoms with van der Waals surface area (Å²) in [5.74, 6) is 0.753.